The summed E-state index contributed by atoms with van der Waals surface area (Å²) in [6.45, 7) is 16.2. The molecule has 0 aliphatic carbocycles. The van der Waals surface area contributed by atoms with Gasteiger partial charge in [-0.05, 0) is 34.6 Å². The molecule has 0 heteroatoms. The first-order valence-electron chi connectivity index (χ1n) is 7.30. The van der Waals surface area contributed by atoms with Crippen LogP contribution in [0.4, 0.5) is 0 Å². The van der Waals surface area contributed by atoms with E-state index in [1.807, 2.05) is 30.4 Å². The van der Waals surface area contributed by atoms with Crippen LogP contribution in [0.15, 0.2) is 61.7 Å². The van der Waals surface area contributed by atoms with Crippen molar-refractivity contribution in [1.29, 1.82) is 0 Å². The van der Waals surface area contributed by atoms with Crippen LogP contribution in [0.5, 0.6) is 0 Å². The zero-order chi connectivity index (χ0) is 15.9. The monoisotopic (exact) mass is 278 g/mol. The fourth-order valence-corrected chi connectivity index (χ4v) is 2.17. The van der Waals surface area contributed by atoms with Crippen LogP contribution < -0.4 is 0 Å². The third kappa shape index (κ3) is 5.07. The lowest BCUT2D eigenvalue weighted by Crippen LogP contribution is -2.12. The molecule has 2 rings (SSSR count). The smallest absolute Gasteiger partial charge is 0.0126 e. The van der Waals surface area contributed by atoms with E-state index in [1.54, 1.807) is 0 Å². The van der Waals surface area contributed by atoms with Gasteiger partial charge in [0.05, 0.1) is 0 Å². The maximum atomic E-state index is 3.81. The predicted octanol–water partition coefficient (Wildman–Crippen LogP) is 6.27. The summed E-state index contributed by atoms with van der Waals surface area (Å²) in [5.74, 6) is 0. The Hall–Kier alpha value is -2.08. The Labute approximate surface area is 129 Å². The van der Waals surface area contributed by atoms with E-state index in [2.05, 4.69) is 71.2 Å². The third-order valence-corrected chi connectivity index (χ3v) is 3.40. The van der Waals surface area contributed by atoms with Crippen molar-refractivity contribution < 1.29 is 0 Å². The summed E-state index contributed by atoms with van der Waals surface area (Å²) < 4.78 is 0. The Kier molecular flexibility index (Phi) is 6.17. The van der Waals surface area contributed by atoms with Gasteiger partial charge in [0.1, 0.15) is 0 Å². The first kappa shape index (κ1) is 17.0. The van der Waals surface area contributed by atoms with Crippen LogP contribution in [-0.4, -0.2) is 0 Å². The van der Waals surface area contributed by atoms with Gasteiger partial charge in [0.15, 0.2) is 0 Å². The minimum absolute atomic E-state index is 0.213. The van der Waals surface area contributed by atoms with Gasteiger partial charge in [0, 0.05) is 0 Å². The van der Waals surface area contributed by atoms with E-state index in [0.717, 1.165) is 0 Å². The Morgan fingerprint density at radius 1 is 0.762 bits per heavy atom. The summed E-state index contributed by atoms with van der Waals surface area (Å²) in [7, 11) is 0. The molecule has 0 aliphatic rings. The molecule has 21 heavy (non-hydrogen) atoms. The Bertz CT molecular complexity index is 597. The highest BCUT2D eigenvalue weighted by Gasteiger charge is 2.15. The van der Waals surface area contributed by atoms with E-state index >= 15 is 0 Å². The lowest BCUT2D eigenvalue weighted by Gasteiger charge is -2.21. The van der Waals surface area contributed by atoms with Crippen LogP contribution in [0.2, 0.25) is 0 Å². The maximum Gasteiger partial charge on any atom is -0.0126 e. The number of hydrogen-bond acceptors (Lipinski definition) is 0. The molecule has 0 radical (unpaired) electrons. The normalized spacial score (nSPS) is 10.3. The second kappa shape index (κ2) is 7.64. The van der Waals surface area contributed by atoms with Gasteiger partial charge >= 0.3 is 0 Å². The highest BCUT2D eigenvalue weighted by Crippen LogP contribution is 2.25. The summed E-state index contributed by atoms with van der Waals surface area (Å²) >= 11 is 0. The zero-order valence-corrected chi connectivity index (χ0v) is 13.7. The van der Waals surface area contributed by atoms with Crippen molar-refractivity contribution in [3.8, 4) is 0 Å². The standard InChI is InChI=1S/C12H16.C9H10/c1-5-10-8-6-7-9-11(10)12(2,3)4;1-3-9-7-5-4-6-8(9)2/h5-9H,1H2,2-4H3;3-7H,1H2,2H3. The zero-order valence-electron chi connectivity index (χ0n) is 13.7. The maximum absolute atomic E-state index is 3.81. The van der Waals surface area contributed by atoms with Gasteiger partial charge in [-0.1, -0.05) is 94.6 Å². The van der Waals surface area contributed by atoms with Crippen molar-refractivity contribution in [2.24, 2.45) is 0 Å². The van der Waals surface area contributed by atoms with Crippen molar-refractivity contribution >= 4 is 12.2 Å². The molecule has 2 aromatic carbocycles. The van der Waals surface area contributed by atoms with Gasteiger partial charge in [0.25, 0.3) is 0 Å². The Balaban J connectivity index is 0.000000219. The predicted molar refractivity (Wildman–Crippen MR) is 96.5 cm³/mol. The van der Waals surface area contributed by atoms with Crippen molar-refractivity contribution in [2.45, 2.75) is 33.1 Å². The van der Waals surface area contributed by atoms with Crippen LogP contribution in [0.25, 0.3) is 12.2 Å². The average Bonchev–Trinajstić information content (AvgIpc) is 2.47. The molecule has 0 heterocycles. The van der Waals surface area contributed by atoms with E-state index in [0.29, 0.717) is 0 Å². The van der Waals surface area contributed by atoms with Crippen LogP contribution in [-0.2, 0) is 5.41 Å². The summed E-state index contributed by atoms with van der Waals surface area (Å²) in [5, 5.41) is 0. The molecule has 0 unspecified atom stereocenters. The molecule has 0 spiro atoms. The largest absolute Gasteiger partial charge is 0.0985 e. The SMILES string of the molecule is C=Cc1ccccc1C.C=Cc1ccccc1C(C)(C)C. The summed E-state index contributed by atoms with van der Waals surface area (Å²) in [6, 6.07) is 16.6. The van der Waals surface area contributed by atoms with E-state index in [1.165, 1.54) is 22.3 Å². The highest BCUT2D eigenvalue weighted by atomic mass is 14.2. The van der Waals surface area contributed by atoms with E-state index < -0.39 is 0 Å². The van der Waals surface area contributed by atoms with Gasteiger partial charge in [0.2, 0.25) is 0 Å². The molecule has 0 aliphatic heterocycles. The van der Waals surface area contributed by atoms with Crippen LogP contribution >= 0.6 is 0 Å². The number of aryl methyl sites for hydroxylation is 1. The molecule has 0 nitrogen and oxygen atoms in total. The van der Waals surface area contributed by atoms with Crippen molar-refractivity contribution in [3.63, 3.8) is 0 Å². The number of rotatable bonds is 2. The minimum atomic E-state index is 0.213. The molecule has 0 aromatic heterocycles. The lowest BCUT2D eigenvalue weighted by molar-refractivity contribution is 0.589. The molecular weight excluding hydrogens is 252 g/mol. The molecule has 0 fully saturated rings. The molecule has 0 N–H and O–H groups in total. The second-order valence-corrected chi connectivity index (χ2v) is 6.10. The van der Waals surface area contributed by atoms with E-state index in [9.17, 15) is 0 Å². The third-order valence-electron chi connectivity index (χ3n) is 3.40. The Morgan fingerprint density at radius 2 is 1.24 bits per heavy atom. The fraction of sp³-hybridized carbons (Fsp3) is 0.238. The summed E-state index contributed by atoms with van der Waals surface area (Å²) in [6.07, 6.45) is 3.79. The highest BCUT2D eigenvalue weighted by molar-refractivity contribution is 5.53. The topological polar surface area (TPSA) is 0 Å². The first-order valence-corrected chi connectivity index (χ1v) is 7.30. The lowest BCUT2D eigenvalue weighted by atomic mass is 9.84. The van der Waals surface area contributed by atoms with E-state index in [4.69, 9.17) is 0 Å². The first-order chi connectivity index (χ1) is 9.90. The molecule has 0 atom stereocenters. The van der Waals surface area contributed by atoms with Gasteiger partial charge < -0.3 is 0 Å². The fourth-order valence-electron chi connectivity index (χ4n) is 2.17. The molecule has 110 valence electrons. The van der Waals surface area contributed by atoms with Crippen LogP contribution in [0, 0.1) is 6.92 Å². The van der Waals surface area contributed by atoms with Crippen molar-refractivity contribution in [3.05, 3.63) is 83.9 Å². The van der Waals surface area contributed by atoms with Crippen LogP contribution in [0.1, 0.15) is 43.0 Å². The Morgan fingerprint density at radius 3 is 1.62 bits per heavy atom. The number of benzene rings is 2. The molecular formula is C21H26. The second-order valence-electron chi connectivity index (χ2n) is 6.10. The van der Waals surface area contributed by atoms with Crippen LogP contribution in [0.3, 0.4) is 0 Å². The van der Waals surface area contributed by atoms with Gasteiger partial charge in [-0.15, -0.1) is 0 Å². The number of hydrogen-bond donors (Lipinski definition) is 0. The van der Waals surface area contributed by atoms with Gasteiger partial charge in [-0.25, -0.2) is 0 Å². The molecule has 2 aromatic rings. The summed E-state index contributed by atoms with van der Waals surface area (Å²) in [4.78, 5) is 0. The molecule has 0 amide bonds. The average molecular weight is 278 g/mol. The van der Waals surface area contributed by atoms with Crippen molar-refractivity contribution in [2.75, 3.05) is 0 Å². The summed E-state index contributed by atoms with van der Waals surface area (Å²) in [5.41, 5.74) is 5.32. The van der Waals surface area contributed by atoms with Gasteiger partial charge in [-0.2, -0.15) is 0 Å². The molecule has 0 bridgehead atoms. The molecule has 0 saturated carbocycles. The van der Waals surface area contributed by atoms with Gasteiger partial charge in [-0.3, -0.25) is 0 Å². The molecule has 0 saturated heterocycles. The van der Waals surface area contributed by atoms with E-state index in [-0.39, 0.29) is 5.41 Å². The quantitative estimate of drug-likeness (QED) is 0.607. The minimum Gasteiger partial charge on any atom is -0.0985 e. The van der Waals surface area contributed by atoms with Crippen molar-refractivity contribution in [1.82, 2.24) is 0 Å².